The van der Waals surface area contributed by atoms with Crippen molar-refractivity contribution >= 4 is 44.5 Å². The normalized spacial score (nSPS) is 11.8. The summed E-state index contributed by atoms with van der Waals surface area (Å²) in [5, 5.41) is 3.22. The van der Waals surface area contributed by atoms with Crippen molar-refractivity contribution in [1.82, 2.24) is 4.98 Å². The van der Waals surface area contributed by atoms with Crippen LogP contribution in [0, 0.1) is 0 Å². The number of alkyl halides is 2. The summed E-state index contributed by atoms with van der Waals surface area (Å²) in [4.78, 5) is 4.72. The third-order valence-electron chi connectivity index (χ3n) is 3.82. The third kappa shape index (κ3) is 3.37. The number of ether oxygens (including phenoxy) is 1. The van der Waals surface area contributed by atoms with E-state index >= 15 is 0 Å². The molecule has 4 aromatic rings. The number of thiazole rings is 1. The molecule has 1 heterocycles. The highest BCUT2D eigenvalue weighted by Gasteiger charge is 2.06. The molecular weight excluding hydrogens is 340 g/mol. The summed E-state index contributed by atoms with van der Waals surface area (Å²) in [6.07, 6.45) is 3.84. The first-order chi connectivity index (χ1) is 12.2. The van der Waals surface area contributed by atoms with E-state index in [1.54, 1.807) is 23.5 Å². The van der Waals surface area contributed by atoms with Crippen molar-refractivity contribution in [2.45, 2.75) is 6.61 Å². The number of benzene rings is 3. The number of rotatable bonds is 4. The van der Waals surface area contributed by atoms with Gasteiger partial charge in [0.1, 0.15) is 10.8 Å². The summed E-state index contributed by atoms with van der Waals surface area (Å²) >= 11 is 1.62. The van der Waals surface area contributed by atoms with Crippen molar-refractivity contribution in [3.8, 4) is 5.75 Å². The fourth-order valence-electron chi connectivity index (χ4n) is 2.68. The maximum absolute atomic E-state index is 12.2. The Morgan fingerprint density at radius 3 is 2.52 bits per heavy atom. The number of halogens is 2. The number of aromatic nitrogens is 1. The van der Waals surface area contributed by atoms with Crippen LogP contribution in [0.25, 0.3) is 33.1 Å². The van der Waals surface area contributed by atoms with E-state index in [1.807, 2.05) is 24.3 Å². The standard InChI is InChI=1S/C20H13F2NOS/c21-20(22)24-15-9-5-13(6-10-15)7-12-18-23-19-16-4-2-1-3-14(16)8-11-17(19)25-18/h1-12,20H/b12-7+. The molecule has 0 spiro atoms. The second kappa shape index (κ2) is 6.61. The molecule has 5 heteroatoms. The number of fused-ring (bicyclic) bond motifs is 3. The summed E-state index contributed by atoms with van der Waals surface area (Å²) in [6.45, 7) is -2.81. The molecular formula is C20H13F2NOS. The van der Waals surface area contributed by atoms with Crippen molar-refractivity contribution in [3.63, 3.8) is 0 Å². The lowest BCUT2D eigenvalue weighted by molar-refractivity contribution is -0.0498. The minimum atomic E-state index is -2.81. The van der Waals surface area contributed by atoms with Crippen LogP contribution >= 0.6 is 11.3 Å². The Bertz CT molecular complexity index is 1050. The molecule has 3 aromatic carbocycles. The van der Waals surface area contributed by atoms with Gasteiger partial charge < -0.3 is 4.74 Å². The lowest BCUT2D eigenvalue weighted by Gasteiger charge is -2.03. The summed E-state index contributed by atoms with van der Waals surface area (Å²) in [6, 6.07) is 18.9. The Morgan fingerprint density at radius 1 is 0.920 bits per heavy atom. The van der Waals surface area contributed by atoms with Crippen LogP contribution in [0.5, 0.6) is 5.75 Å². The molecule has 0 aliphatic rings. The van der Waals surface area contributed by atoms with Gasteiger partial charge in [0.05, 0.1) is 10.2 Å². The van der Waals surface area contributed by atoms with E-state index in [4.69, 9.17) is 4.98 Å². The molecule has 0 unspecified atom stereocenters. The zero-order valence-corrected chi connectivity index (χ0v) is 13.8. The van der Waals surface area contributed by atoms with Gasteiger partial charge in [0, 0.05) is 5.39 Å². The highest BCUT2D eigenvalue weighted by atomic mass is 32.1. The first-order valence-corrected chi connectivity index (χ1v) is 8.52. The fraction of sp³-hybridized carbons (Fsp3) is 0.0500. The molecule has 0 saturated heterocycles. The molecule has 0 amide bonds. The first-order valence-electron chi connectivity index (χ1n) is 7.70. The van der Waals surface area contributed by atoms with Crippen LogP contribution in [-0.2, 0) is 0 Å². The molecule has 0 N–H and O–H groups in total. The van der Waals surface area contributed by atoms with Crippen LogP contribution in [0.3, 0.4) is 0 Å². The van der Waals surface area contributed by atoms with Crippen molar-refractivity contribution < 1.29 is 13.5 Å². The van der Waals surface area contributed by atoms with Gasteiger partial charge in [0.15, 0.2) is 0 Å². The molecule has 4 rings (SSSR count). The SMILES string of the molecule is FC(F)Oc1ccc(/C=C/c2nc3c(ccc4ccccc43)s2)cc1. The van der Waals surface area contributed by atoms with Crippen LogP contribution in [0.2, 0.25) is 0 Å². The average Bonchev–Trinajstić information content (AvgIpc) is 3.04. The number of hydrogen-bond donors (Lipinski definition) is 0. The Morgan fingerprint density at radius 2 is 1.72 bits per heavy atom. The van der Waals surface area contributed by atoms with Gasteiger partial charge in [-0.15, -0.1) is 11.3 Å². The maximum atomic E-state index is 12.2. The molecule has 0 radical (unpaired) electrons. The minimum Gasteiger partial charge on any atom is -0.435 e. The molecule has 25 heavy (non-hydrogen) atoms. The van der Waals surface area contributed by atoms with E-state index in [0.29, 0.717) is 0 Å². The molecule has 2 nitrogen and oxygen atoms in total. The highest BCUT2D eigenvalue weighted by Crippen LogP contribution is 2.30. The molecule has 0 saturated carbocycles. The molecule has 1 aromatic heterocycles. The Labute approximate surface area is 147 Å². The summed E-state index contributed by atoms with van der Waals surface area (Å²) < 4.78 is 29.8. The quantitative estimate of drug-likeness (QED) is 0.434. The zero-order valence-electron chi connectivity index (χ0n) is 13.0. The molecule has 0 aliphatic heterocycles. The Kier molecular flexibility index (Phi) is 4.15. The third-order valence-corrected chi connectivity index (χ3v) is 4.81. The lowest BCUT2D eigenvalue weighted by atomic mass is 10.1. The van der Waals surface area contributed by atoms with Gasteiger partial charge in [0.2, 0.25) is 0 Å². The second-order valence-electron chi connectivity index (χ2n) is 5.47. The summed E-state index contributed by atoms with van der Waals surface area (Å²) in [5.41, 5.74) is 1.90. The smallest absolute Gasteiger partial charge is 0.387 e. The van der Waals surface area contributed by atoms with E-state index in [2.05, 4.69) is 29.0 Å². The minimum absolute atomic E-state index is 0.151. The Hall–Kier alpha value is -2.79. The number of hydrogen-bond acceptors (Lipinski definition) is 3. The number of nitrogens with zero attached hydrogens (tertiary/aromatic N) is 1. The van der Waals surface area contributed by atoms with Gasteiger partial charge >= 0.3 is 6.61 Å². The Balaban J connectivity index is 1.62. The summed E-state index contributed by atoms with van der Waals surface area (Å²) in [5.74, 6) is 0.151. The monoisotopic (exact) mass is 353 g/mol. The zero-order chi connectivity index (χ0) is 17.2. The topological polar surface area (TPSA) is 22.1 Å². The lowest BCUT2D eigenvalue weighted by Crippen LogP contribution is -2.01. The van der Waals surface area contributed by atoms with Crippen LogP contribution < -0.4 is 4.74 Å². The second-order valence-corrected chi connectivity index (χ2v) is 6.53. The maximum Gasteiger partial charge on any atom is 0.387 e. The van der Waals surface area contributed by atoms with Gasteiger partial charge in [-0.3, -0.25) is 0 Å². The largest absolute Gasteiger partial charge is 0.435 e. The highest BCUT2D eigenvalue weighted by molar-refractivity contribution is 7.19. The van der Waals surface area contributed by atoms with Crippen molar-refractivity contribution in [2.75, 3.05) is 0 Å². The van der Waals surface area contributed by atoms with Gasteiger partial charge in [-0.2, -0.15) is 8.78 Å². The van der Waals surface area contributed by atoms with E-state index in [0.717, 1.165) is 26.2 Å². The fourth-order valence-corrected chi connectivity index (χ4v) is 3.56. The average molecular weight is 353 g/mol. The molecule has 0 fully saturated rings. The van der Waals surface area contributed by atoms with Gasteiger partial charge in [0.25, 0.3) is 0 Å². The van der Waals surface area contributed by atoms with Gasteiger partial charge in [-0.05, 0) is 35.2 Å². The van der Waals surface area contributed by atoms with Crippen molar-refractivity contribution in [3.05, 3.63) is 71.2 Å². The van der Waals surface area contributed by atoms with Crippen LogP contribution in [0.4, 0.5) is 8.78 Å². The molecule has 0 aliphatic carbocycles. The van der Waals surface area contributed by atoms with E-state index in [9.17, 15) is 8.78 Å². The van der Waals surface area contributed by atoms with Crippen molar-refractivity contribution in [1.29, 1.82) is 0 Å². The predicted molar refractivity (Wildman–Crippen MR) is 99.1 cm³/mol. The van der Waals surface area contributed by atoms with Gasteiger partial charge in [-0.1, -0.05) is 48.5 Å². The van der Waals surface area contributed by atoms with Crippen molar-refractivity contribution in [2.24, 2.45) is 0 Å². The molecule has 124 valence electrons. The van der Waals surface area contributed by atoms with Gasteiger partial charge in [-0.25, -0.2) is 4.98 Å². The van der Waals surface area contributed by atoms with Crippen LogP contribution in [0.1, 0.15) is 10.6 Å². The van der Waals surface area contributed by atoms with E-state index in [-0.39, 0.29) is 5.75 Å². The van der Waals surface area contributed by atoms with Crippen LogP contribution in [0.15, 0.2) is 60.7 Å². The molecule has 0 atom stereocenters. The van der Waals surface area contributed by atoms with E-state index < -0.39 is 6.61 Å². The van der Waals surface area contributed by atoms with E-state index in [1.165, 1.54) is 17.5 Å². The molecule has 0 bridgehead atoms. The predicted octanol–water partition coefficient (Wildman–Crippen LogP) is 6.22. The summed E-state index contributed by atoms with van der Waals surface area (Å²) in [7, 11) is 0. The first kappa shape index (κ1) is 15.7. The van der Waals surface area contributed by atoms with Crippen LogP contribution in [-0.4, -0.2) is 11.6 Å².